The quantitative estimate of drug-likeness (QED) is 0.138. The summed E-state index contributed by atoms with van der Waals surface area (Å²) in [6.07, 6.45) is 0. The molecule has 0 nitrogen and oxygen atoms in total. The van der Waals surface area contributed by atoms with Crippen molar-refractivity contribution < 1.29 is 5.48 Å². The molecule has 1 aliphatic rings. The first kappa shape index (κ1) is 23.4. The summed E-state index contributed by atoms with van der Waals surface area (Å²) in [4.78, 5) is 0. The van der Waals surface area contributed by atoms with E-state index in [9.17, 15) is 5.48 Å². The van der Waals surface area contributed by atoms with E-state index in [1.807, 2.05) is 42.5 Å². The minimum atomic E-state index is -0.483. The zero-order valence-corrected chi connectivity index (χ0v) is 26.4. The van der Waals surface area contributed by atoms with Gasteiger partial charge in [0.25, 0.3) is 0 Å². The van der Waals surface area contributed by atoms with Crippen LogP contribution >= 0.6 is 0 Å². The van der Waals surface area contributed by atoms with Gasteiger partial charge in [0.2, 0.25) is 0 Å². The second-order valence-electron chi connectivity index (χ2n) is 13.1. The molecule has 9 aromatic carbocycles. The third kappa shape index (κ3) is 3.96. The van der Waals surface area contributed by atoms with Gasteiger partial charge in [0, 0.05) is 5.41 Å². The van der Waals surface area contributed by atoms with E-state index < -0.39 is 5.41 Å². The van der Waals surface area contributed by atoms with Gasteiger partial charge in [-0.1, -0.05) is 152 Å². The van der Waals surface area contributed by atoms with Crippen LogP contribution in [-0.4, -0.2) is 0 Å². The Hall–Kier alpha value is -5.98. The third-order valence-electron chi connectivity index (χ3n) is 10.6. The SMILES string of the molecule is [2H]c1c([2H])c(-c2ccc3ccc4cc5ccccc5cc4c3c2)c([2H])c([2H])c1-c1ccc2c(c1)C(C)(c1ccccc1)c1ccc3ccccc3c1-2. The third-order valence-corrected chi connectivity index (χ3v) is 10.6. The van der Waals surface area contributed by atoms with Crippen LogP contribution in [-0.2, 0) is 5.41 Å². The molecule has 1 unspecified atom stereocenters. The van der Waals surface area contributed by atoms with E-state index in [2.05, 4.69) is 116 Å². The highest BCUT2D eigenvalue weighted by molar-refractivity contribution is 6.13. The number of benzene rings is 9. The van der Waals surface area contributed by atoms with Crippen molar-refractivity contribution in [3.63, 3.8) is 0 Å². The number of hydrogen-bond acceptors (Lipinski definition) is 0. The predicted molar refractivity (Wildman–Crippen MR) is 205 cm³/mol. The van der Waals surface area contributed by atoms with Crippen LogP contribution in [0.2, 0.25) is 0 Å². The largest absolute Gasteiger partial charge is 0.0629 e. The molecule has 10 rings (SSSR count). The summed E-state index contributed by atoms with van der Waals surface area (Å²) in [6.45, 7) is 2.26. The number of rotatable bonds is 3. The zero-order chi connectivity index (χ0) is 35.3. The van der Waals surface area contributed by atoms with Crippen LogP contribution in [0.4, 0.5) is 0 Å². The topological polar surface area (TPSA) is 0 Å². The Morgan fingerprint density at radius 3 is 1.75 bits per heavy atom. The molecule has 1 atom stereocenters. The van der Waals surface area contributed by atoms with Crippen LogP contribution in [0.1, 0.15) is 29.1 Å². The van der Waals surface area contributed by atoms with Crippen molar-refractivity contribution in [3.05, 3.63) is 193 Å². The minimum absolute atomic E-state index is 0.0395. The lowest BCUT2D eigenvalue weighted by molar-refractivity contribution is 0.714. The minimum Gasteiger partial charge on any atom is -0.0622 e. The molecule has 0 heterocycles. The fourth-order valence-electron chi connectivity index (χ4n) is 8.04. The molecule has 0 saturated carbocycles. The van der Waals surface area contributed by atoms with Crippen molar-refractivity contribution >= 4 is 43.1 Å². The van der Waals surface area contributed by atoms with Crippen molar-refractivity contribution in [2.24, 2.45) is 0 Å². The van der Waals surface area contributed by atoms with Gasteiger partial charge in [0.05, 0.1) is 5.48 Å². The van der Waals surface area contributed by atoms with Crippen LogP contribution in [0.15, 0.2) is 176 Å². The molecule has 0 spiro atoms. The van der Waals surface area contributed by atoms with Crippen molar-refractivity contribution in [1.82, 2.24) is 0 Å². The summed E-state index contributed by atoms with van der Waals surface area (Å²) >= 11 is 0. The second-order valence-corrected chi connectivity index (χ2v) is 13.1. The molecule has 0 saturated heterocycles. The molecule has 0 N–H and O–H groups in total. The van der Waals surface area contributed by atoms with Crippen LogP contribution in [0.3, 0.4) is 0 Å². The Bertz CT molecular complexity index is 2930. The van der Waals surface area contributed by atoms with Crippen LogP contribution in [0.25, 0.3) is 76.5 Å². The molecule has 224 valence electrons. The normalized spacial score (nSPS) is 16.4. The number of hydrogen-bond donors (Lipinski definition) is 0. The summed E-state index contributed by atoms with van der Waals surface area (Å²) in [5.41, 5.74) is 7.31. The van der Waals surface area contributed by atoms with Crippen LogP contribution in [0.5, 0.6) is 0 Å². The summed E-state index contributed by atoms with van der Waals surface area (Å²) in [6, 6.07) is 52.4. The first-order valence-corrected chi connectivity index (χ1v) is 16.5. The lowest BCUT2D eigenvalue weighted by Crippen LogP contribution is -2.22. The van der Waals surface area contributed by atoms with E-state index >= 15 is 0 Å². The van der Waals surface area contributed by atoms with Gasteiger partial charge in [0.1, 0.15) is 0 Å². The molecule has 1 aliphatic carbocycles. The lowest BCUT2D eigenvalue weighted by Gasteiger charge is -2.28. The maximum absolute atomic E-state index is 9.35. The van der Waals surface area contributed by atoms with Gasteiger partial charge < -0.3 is 0 Å². The summed E-state index contributed by atoms with van der Waals surface area (Å²) in [5, 5.41) is 8.99. The smallest absolute Gasteiger partial charge is 0.0622 e. The van der Waals surface area contributed by atoms with Crippen molar-refractivity contribution in [1.29, 1.82) is 0 Å². The Morgan fingerprint density at radius 1 is 0.396 bits per heavy atom. The van der Waals surface area contributed by atoms with Crippen LogP contribution in [0, 0.1) is 0 Å². The maximum atomic E-state index is 9.35. The summed E-state index contributed by atoms with van der Waals surface area (Å²) in [7, 11) is 0. The fraction of sp³-hybridized carbons (Fsp3) is 0.0417. The Balaban J connectivity index is 1.16. The van der Waals surface area contributed by atoms with Gasteiger partial charge in [0.15, 0.2) is 0 Å². The summed E-state index contributed by atoms with van der Waals surface area (Å²) in [5.74, 6) is 0. The average Bonchev–Trinajstić information content (AvgIpc) is 3.45. The van der Waals surface area contributed by atoms with Crippen molar-refractivity contribution in [2.45, 2.75) is 12.3 Å². The van der Waals surface area contributed by atoms with Gasteiger partial charge in [-0.25, -0.2) is 0 Å². The highest BCUT2D eigenvalue weighted by Crippen LogP contribution is 2.55. The zero-order valence-electron chi connectivity index (χ0n) is 30.4. The van der Waals surface area contributed by atoms with Crippen LogP contribution < -0.4 is 0 Å². The fourth-order valence-corrected chi connectivity index (χ4v) is 8.04. The van der Waals surface area contributed by atoms with Gasteiger partial charge in [-0.15, -0.1) is 0 Å². The average molecular weight is 613 g/mol. The standard InChI is InChI=1S/C48H32/c1-48(40-12-3-2-4-13-40)45-26-24-33-9-7-8-14-41(33)47(45)42-25-23-38(30-46(42)48)32-17-15-31(16-18-32)37-21-19-34-20-22-39-27-35-10-5-6-11-36(35)28-44(39)43(34)29-37/h2-30H,1H3/i15D,16D,17D,18D. The Kier molecular flexibility index (Phi) is 4.99. The van der Waals surface area contributed by atoms with E-state index in [0.717, 1.165) is 43.6 Å². The molecule has 0 fully saturated rings. The molecular weight excluding hydrogens is 577 g/mol. The van der Waals surface area contributed by atoms with Gasteiger partial charge in [-0.2, -0.15) is 0 Å². The van der Waals surface area contributed by atoms with Gasteiger partial charge >= 0.3 is 0 Å². The molecular formula is C48H32. The predicted octanol–water partition coefficient (Wildman–Crippen LogP) is 13.0. The second kappa shape index (κ2) is 10.3. The molecule has 0 aromatic heterocycles. The highest BCUT2D eigenvalue weighted by atomic mass is 14.4. The van der Waals surface area contributed by atoms with E-state index in [1.165, 1.54) is 27.3 Å². The summed E-state index contributed by atoms with van der Waals surface area (Å²) < 4.78 is 37.3. The van der Waals surface area contributed by atoms with E-state index in [4.69, 9.17) is 0 Å². The number of fused-ring (bicyclic) bond motifs is 9. The molecule has 0 aliphatic heterocycles. The van der Waals surface area contributed by atoms with E-state index in [0.29, 0.717) is 22.3 Å². The van der Waals surface area contributed by atoms with Crippen molar-refractivity contribution in [3.8, 4) is 33.4 Å². The Labute approximate surface area is 286 Å². The monoisotopic (exact) mass is 612 g/mol. The first-order valence-electron chi connectivity index (χ1n) is 18.5. The lowest BCUT2D eigenvalue weighted by atomic mass is 9.73. The van der Waals surface area contributed by atoms with Gasteiger partial charge in [-0.3, -0.25) is 0 Å². The molecule has 0 amide bonds. The molecule has 48 heavy (non-hydrogen) atoms. The van der Waals surface area contributed by atoms with Crippen molar-refractivity contribution in [2.75, 3.05) is 0 Å². The Morgan fingerprint density at radius 2 is 0.958 bits per heavy atom. The first-order chi connectivity index (χ1) is 25.3. The highest BCUT2D eigenvalue weighted by Gasteiger charge is 2.41. The molecule has 0 heteroatoms. The molecule has 0 bridgehead atoms. The van der Waals surface area contributed by atoms with E-state index in [1.54, 1.807) is 0 Å². The maximum Gasteiger partial charge on any atom is 0.0629 e. The van der Waals surface area contributed by atoms with E-state index in [-0.39, 0.29) is 24.2 Å². The molecule has 9 aromatic rings. The van der Waals surface area contributed by atoms with Gasteiger partial charge in [-0.05, 0) is 124 Å². The molecule has 0 radical (unpaired) electrons.